The molecule has 1 heterocycles. The van der Waals surface area contributed by atoms with E-state index in [-0.39, 0.29) is 12.1 Å². The van der Waals surface area contributed by atoms with Crippen LogP contribution in [0.4, 0.5) is 0 Å². The number of hydrogen-bond donors (Lipinski definition) is 2. The fourth-order valence-electron chi connectivity index (χ4n) is 3.55. The standard InChI is InChI=1S/C19H27N3O2/c1-19(14-23,16-10-6-3-7-11-16)20-13-17-21-18(24-22-17)12-15-8-4-2-5-9-15/h2,4-5,8-9,16,20,23H,3,6-7,10-14H2,1H3/t19-/m1/s1. The van der Waals surface area contributed by atoms with E-state index in [9.17, 15) is 5.11 Å². The number of nitrogens with zero attached hydrogens (tertiary/aromatic N) is 2. The van der Waals surface area contributed by atoms with Crippen LogP contribution in [0.3, 0.4) is 0 Å². The molecule has 1 aliphatic rings. The summed E-state index contributed by atoms with van der Waals surface area (Å²) < 4.78 is 5.35. The first-order valence-electron chi connectivity index (χ1n) is 8.91. The van der Waals surface area contributed by atoms with Gasteiger partial charge in [0.1, 0.15) is 0 Å². The SMILES string of the molecule is C[C@](CO)(NCc1noc(Cc2ccccc2)n1)C1CCCCC1. The van der Waals surface area contributed by atoms with Crippen LogP contribution >= 0.6 is 0 Å². The molecular formula is C19H27N3O2. The van der Waals surface area contributed by atoms with Gasteiger partial charge in [0.2, 0.25) is 5.89 Å². The molecule has 1 aromatic heterocycles. The lowest BCUT2D eigenvalue weighted by molar-refractivity contribution is 0.0928. The Bertz CT molecular complexity index is 623. The zero-order chi connectivity index (χ0) is 16.8. The van der Waals surface area contributed by atoms with Crippen molar-refractivity contribution in [2.24, 2.45) is 5.92 Å². The molecule has 1 aliphatic carbocycles. The Morgan fingerprint density at radius 1 is 1.21 bits per heavy atom. The Labute approximate surface area is 143 Å². The molecule has 3 rings (SSSR count). The Morgan fingerprint density at radius 3 is 2.67 bits per heavy atom. The van der Waals surface area contributed by atoms with E-state index in [0.717, 1.165) is 5.56 Å². The molecule has 0 spiro atoms. The lowest BCUT2D eigenvalue weighted by atomic mass is 9.76. The van der Waals surface area contributed by atoms with E-state index in [1.54, 1.807) is 0 Å². The highest BCUT2D eigenvalue weighted by atomic mass is 16.5. The minimum Gasteiger partial charge on any atom is -0.394 e. The number of aromatic nitrogens is 2. The van der Waals surface area contributed by atoms with Crippen molar-refractivity contribution in [3.8, 4) is 0 Å². The molecule has 5 heteroatoms. The van der Waals surface area contributed by atoms with Crippen LogP contribution in [-0.4, -0.2) is 27.4 Å². The van der Waals surface area contributed by atoms with E-state index in [2.05, 4.69) is 22.4 Å². The largest absolute Gasteiger partial charge is 0.394 e. The molecule has 1 aromatic carbocycles. The van der Waals surface area contributed by atoms with Gasteiger partial charge in [-0.2, -0.15) is 4.98 Å². The van der Waals surface area contributed by atoms with Gasteiger partial charge < -0.3 is 14.9 Å². The first kappa shape index (κ1) is 17.1. The van der Waals surface area contributed by atoms with Crippen molar-refractivity contribution < 1.29 is 9.63 Å². The molecule has 0 saturated heterocycles. The summed E-state index contributed by atoms with van der Waals surface area (Å²) in [5, 5.41) is 17.4. The van der Waals surface area contributed by atoms with Crippen molar-refractivity contribution in [2.45, 2.75) is 57.5 Å². The second-order valence-corrected chi connectivity index (χ2v) is 7.03. The van der Waals surface area contributed by atoms with E-state index in [4.69, 9.17) is 4.52 Å². The van der Waals surface area contributed by atoms with Crippen molar-refractivity contribution in [3.05, 3.63) is 47.6 Å². The van der Waals surface area contributed by atoms with Gasteiger partial charge in [-0.15, -0.1) is 0 Å². The number of nitrogens with one attached hydrogen (secondary N) is 1. The average Bonchev–Trinajstić information content (AvgIpc) is 3.09. The molecule has 0 bridgehead atoms. The topological polar surface area (TPSA) is 71.2 Å². The zero-order valence-corrected chi connectivity index (χ0v) is 14.4. The highest BCUT2D eigenvalue weighted by Crippen LogP contribution is 2.32. The van der Waals surface area contributed by atoms with Crippen LogP contribution in [-0.2, 0) is 13.0 Å². The van der Waals surface area contributed by atoms with Crippen molar-refractivity contribution in [3.63, 3.8) is 0 Å². The fourth-order valence-corrected chi connectivity index (χ4v) is 3.55. The van der Waals surface area contributed by atoms with Gasteiger partial charge in [0.15, 0.2) is 5.82 Å². The van der Waals surface area contributed by atoms with E-state index in [1.165, 1.54) is 32.1 Å². The fraction of sp³-hybridized carbons (Fsp3) is 0.579. The van der Waals surface area contributed by atoms with Crippen molar-refractivity contribution in [1.82, 2.24) is 15.5 Å². The predicted octanol–water partition coefficient (Wildman–Crippen LogP) is 3.08. The summed E-state index contributed by atoms with van der Waals surface area (Å²) in [6, 6.07) is 10.1. The third kappa shape index (κ3) is 4.22. The molecule has 5 nitrogen and oxygen atoms in total. The summed E-state index contributed by atoms with van der Waals surface area (Å²) in [6.07, 6.45) is 6.82. The molecule has 1 saturated carbocycles. The molecule has 2 aromatic rings. The molecule has 24 heavy (non-hydrogen) atoms. The lowest BCUT2D eigenvalue weighted by Crippen LogP contribution is -2.52. The Kier molecular flexibility index (Phi) is 5.63. The van der Waals surface area contributed by atoms with Crippen molar-refractivity contribution in [2.75, 3.05) is 6.61 Å². The smallest absolute Gasteiger partial charge is 0.231 e. The molecule has 0 aliphatic heterocycles. The number of aliphatic hydroxyl groups is 1. The quantitative estimate of drug-likeness (QED) is 0.817. The third-order valence-corrected chi connectivity index (χ3v) is 5.19. The summed E-state index contributed by atoms with van der Waals surface area (Å²) in [6.45, 7) is 2.76. The van der Waals surface area contributed by atoms with E-state index in [1.807, 2.05) is 30.3 Å². The normalized spacial score (nSPS) is 18.4. The molecule has 0 radical (unpaired) electrons. The lowest BCUT2D eigenvalue weighted by Gasteiger charge is -2.39. The number of benzene rings is 1. The predicted molar refractivity (Wildman–Crippen MR) is 92.5 cm³/mol. The molecule has 2 N–H and O–H groups in total. The summed E-state index contributed by atoms with van der Waals surface area (Å²) in [7, 11) is 0. The Balaban J connectivity index is 1.57. The highest BCUT2D eigenvalue weighted by molar-refractivity contribution is 5.17. The Morgan fingerprint density at radius 2 is 1.96 bits per heavy atom. The van der Waals surface area contributed by atoms with Gasteiger partial charge in [-0.3, -0.25) is 0 Å². The zero-order valence-electron chi connectivity index (χ0n) is 14.4. The van der Waals surface area contributed by atoms with Gasteiger partial charge in [-0.25, -0.2) is 0 Å². The summed E-state index contributed by atoms with van der Waals surface area (Å²) >= 11 is 0. The van der Waals surface area contributed by atoms with Gasteiger partial charge in [-0.1, -0.05) is 54.8 Å². The monoisotopic (exact) mass is 329 g/mol. The molecule has 1 fully saturated rings. The molecule has 130 valence electrons. The van der Waals surface area contributed by atoms with Crippen molar-refractivity contribution >= 4 is 0 Å². The van der Waals surface area contributed by atoms with Crippen LogP contribution in [0.25, 0.3) is 0 Å². The van der Waals surface area contributed by atoms with Gasteiger partial charge >= 0.3 is 0 Å². The summed E-state index contributed by atoms with van der Waals surface area (Å²) in [5.41, 5.74) is 0.878. The molecular weight excluding hydrogens is 302 g/mol. The van der Waals surface area contributed by atoms with Gasteiger partial charge in [0.05, 0.1) is 19.6 Å². The number of hydrogen-bond acceptors (Lipinski definition) is 5. The van der Waals surface area contributed by atoms with Crippen LogP contribution < -0.4 is 5.32 Å². The molecule has 0 amide bonds. The molecule has 0 unspecified atom stereocenters. The summed E-state index contributed by atoms with van der Waals surface area (Å²) in [4.78, 5) is 4.47. The van der Waals surface area contributed by atoms with Crippen LogP contribution in [0.2, 0.25) is 0 Å². The number of aliphatic hydroxyl groups excluding tert-OH is 1. The maximum atomic E-state index is 9.89. The average molecular weight is 329 g/mol. The molecule has 1 atom stereocenters. The van der Waals surface area contributed by atoms with E-state index < -0.39 is 0 Å². The van der Waals surface area contributed by atoms with Crippen LogP contribution in [0.15, 0.2) is 34.9 Å². The van der Waals surface area contributed by atoms with Gasteiger partial charge in [0.25, 0.3) is 0 Å². The first-order valence-corrected chi connectivity index (χ1v) is 8.91. The van der Waals surface area contributed by atoms with Gasteiger partial charge in [-0.05, 0) is 31.2 Å². The van der Waals surface area contributed by atoms with Crippen LogP contribution in [0.1, 0.15) is 56.3 Å². The highest BCUT2D eigenvalue weighted by Gasteiger charge is 2.34. The minimum absolute atomic E-state index is 0.131. The summed E-state index contributed by atoms with van der Waals surface area (Å²) in [5.74, 6) is 1.78. The second-order valence-electron chi connectivity index (χ2n) is 7.03. The van der Waals surface area contributed by atoms with E-state index >= 15 is 0 Å². The van der Waals surface area contributed by atoms with Crippen molar-refractivity contribution in [1.29, 1.82) is 0 Å². The van der Waals surface area contributed by atoms with E-state index in [0.29, 0.717) is 30.6 Å². The van der Waals surface area contributed by atoms with Crippen LogP contribution in [0, 0.1) is 5.92 Å². The first-order chi connectivity index (χ1) is 11.7. The maximum absolute atomic E-state index is 9.89. The van der Waals surface area contributed by atoms with Crippen LogP contribution in [0.5, 0.6) is 0 Å². The third-order valence-electron chi connectivity index (χ3n) is 5.19. The number of rotatable bonds is 7. The second kappa shape index (κ2) is 7.90. The minimum atomic E-state index is -0.277. The Hall–Kier alpha value is -1.72. The maximum Gasteiger partial charge on any atom is 0.231 e. The van der Waals surface area contributed by atoms with Gasteiger partial charge in [0, 0.05) is 5.54 Å².